The molecule has 0 bridgehead atoms. The third-order valence-electron chi connectivity index (χ3n) is 2.77. The summed E-state index contributed by atoms with van der Waals surface area (Å²) in [5, 5.41) is 9.83. The van der Waals surface area contributed by atoms with Crippen molar-refractivity contribution in [3.63, 3.8) is 0 Å². The first-order chi connectivity index (χ1) is 7.18. The second-order valence-corrected chi connectivity index (χ2v) is 4.12. The van der Waals surface area contributed by atoms with Crippen molar-refractivity contribution in [2.75, 3.05) is 6.61 Å². The summed E-state index contributed by atoms with van der Waals surface area (Å²) >= 11 is 0. The lowest BCUT2D eigenvalue weighted by molar-refractivity contribution is 0.153. The molecule has 0 aromatic heterocycles. The van der Waals surface area contributed by atoms with Gasteiger partial charge in [0.1, 0.15) is 5.75 Å². The van der Waals surface area contributed by atoms with Crippen molar-refractivity contribution in [1.82, 2.24) is 0 Å². The van der Waals surface area contributed by atoms with E-state index < -0.39 is 6.10 Å². The molecular weight excluding hydrogens is 190 g/mol. The Morgan fingerprint density at radius 2 is 2.27 bits per heavy atom. The molecule has 0 saturated carbocycles. The molecule has 3 heteroatoms. The normalized spacial score (nSPS) is 18.9. The fraction of sp³-hybridized carbons (Fsp3) is 0.500. The van der Waals surface area contributed by atoms with Gasteiger partial charge in [0.25, 0.3) is 0 Å². The van der Waals surface area contributed by atoms with Gasteiger partial charge in [-0.25, -0.2) is 0 Å². The summed E-state index contributed by atoms with van der Waals surface area (Å²) in [5.41, 5.74) is 7.73. The Kier molecular flexibility index (Phi) is 2.93. The minimum Gasteiger partial charge on any atom is -0.493 e. The first kappa shape index (κ1) is 10.5. The highest BCUT2D eigenvalue weighted by Crippen LogP contribution is 2.28. The Bertz CT molecular complexity index is 349. The van der Waals surface area contributed by atoms with Crippen LogP contribution < -0.4 is 10.5 Å². The summed E-state index contributed by atoms with van der Waals surface area (Å²) < 4.78 is 5.51. The van der Waals surface area contributed by atoms with Gasteiger partial charge in [-0.2, -0.15) is 0 Å². The van der Waals surface area contributed by atoms with Crippen LogP contribution in [0.25, 0.3) is 0 Å². The average molecular weight is 207 g/mol. The van der Waals surface area contributed by atoms with Gasteiger partial charge in [0.2, 0.25) is 0 Å². The Labute approximate surface area is 89.9 Å². The maximum atomic E-state index is 9.83. The van der Waals surface area contributed by atoms with E-state index in [-0.39, 0.29) is 6.04 Å². The van der Waals surface area contributed by atoms with Crippen molar-refractivity contribution in [3.05, 3.63) is 29.3 Å². The standard InChI is InChI=1S/C12H17NO2/c1-8(13)12(14)10-4-5-11-9(7-10)3-2-6-15-11/h4-5,7-8,12,14H,2-3,6,13H2,1H3. The molecule has 82 valence electrons. The highest BCUT2D eigenvalue weighted by Gasteiger charge is 2.16. The second kappa shape index (κ2) is 4.21. The lowest BCUT2D eigenvalue weighted by atomic mass is 9.98. The first-order valence-corrected chi connectivity index (χ1v) is 5.38. The Hall–Kier alpha value is -1.06. The zero-order valence-electron chi connectivity index (χ0n) is 8.94. The quantitative estimate of drug-likeness (QED) is 0.770. The number of ether oxygens (including phenoxy) is 1. The lowest BCUT2D eigenvalue weighted by Crippen LogP contribution is -2.24. The number of hydrogen-bond donors (Lipinski definition) is 2. The van der Waals surface area contributed by atoms with E-state index in [4.69, 9.17) is 10.5 Å². The molecule has 1 aliphatic heterocycles. The number of rotatable bonds is 2. The zero-order valence-corrected chi connectivity index (χ0v) is 8.94. The minimum absolute atomic E-state index is 0.243. The van der Waals surface area contributed by atoms with Gasteiger partial charge in [-0.15, -0.1) is 0 Å². The summed E-state index contributed by atoms with van der Waals surface area (Å²) in [7, 11) is 0. The summed E-state index contributed by atoms with van der Waals surface area (Å²) in [6.45, 7) is 2.60. The number of fused-ring (bicyclic) bond motifs is 1. The summed E-state index contributed by atoms with van der Waals surface area (Å²) in [6.07, 6.45) is 1.48. The molecule has 15 heavy (non-hydrogen) atoms. The molecule has 0 amide bonds. The number of aliphatic hydroxyl groups excluding tert-OH is 1. The number of aliphatic hydroxyl groups is 1. The summed E-state index contributed by atoms with van der Waals surface area (Å²) in [5.74, 6) is 0.946. The van der Waals surface area contributed by atoms with Crippen LogP contribution in [0, 0.1) is 0 Å². The van der Waals surface area contributed by atoms with E-state index in [0.29, 0.717) is 0 Å². The van der Waals surface area contributed by atoms with Crippen molar-refractivity contribution in [2.45, 2.75) is 31.9 Å². The monoisotopic (exact) mass is 207 g/mol. The van der Waals surface area contributed by atoms with E-state index >= 15 is 0 Å². The summed E-state index contributed by atoms with van der Waals surface area (Å²) in [4.78, 5) is 0. The van der Waals surface area contributed by atoms with Crippen LogP contribution in [0.15, 0.2) is 18.2 Å². The molecule has 0 saturated heterocycles. The number of benzene rings is 1. The molecule has 0 fully saturated rings. The molecular formula is C12H17NO2. The van der Waals surface area contributed by atoms with Crippen molar-refractivity contribution >= 4 is 0 Å². The van der Waals surface area contributed by atoms with Crippen LogP contribution in [0.2, 0.25) is 0 Å². The van der Waals surface area contributed by atoms with Gasteiger partial charge >= 0.3 is 0 Å². The Morgan fingerprint density at radius 1 is 1.47 bits per heavy atom. The highest BCUT2D eigenvalue weighted by molar-refractivity contribution is 5.39. The number of nitrogens with two attached hydrogens (primary N) is 1. The molecule has 1 heterocycles. The molecule has 2 unspecified atom stereocenters. The average Bonchev–Trinajstić information content (AvgIpc) is 2.27. The first-order valence-electron chi connectivity index (χ1n) is 5.38. The van der Waals surface area contributed by atoms with Gasteiger partial charge < -0.3 is 15.6 Å². The third-order valence-corrected chi connectivity index (χ3v) is 2.77. The minimum atomic E-state index is -0.586. The number of aryl methyl sites for hydroxylation is 1. The van der Waals surface area contributed by atoms with Crippen LogP contribution in [0.3, 0.4) is 0 Å². The van der Waals surface area contributed by atoms with E-state index in [1.54, 1.807) is 6.92 Å². The maximum Gasteiger partial charge on any atom is 0.122 e. The zero-order chi connectivity index (χ0) is 10.8. The molecule has 3 nitrogen and oxygen atoms in total. The van der Waals surface area contributed by atoms with Gasteiger partial charge in [0.05, 0.1) is 12.7 Å². The van der Waals surface area contributed by atoms with Gasteiger partial charge in [0.15, 0.2) is 0 Å². The van der Waals surface area contributed by atoms with Gasteiger partial charge in [-0.1, -0.05) is 6.07 Å². The van der Waals surface area contributed by atoms with Crippen LogP contribution >= 0.6 is 0 Å². The molecule has 3 N–H and O–H groups in total. The fourth-order valence-corrected chi connectivity index (χ4v) is 1.87. The van der Waals surface area contributed by atoms with E-state index in [1.807, 2.05) is 18.2 Å². The molecule has 0 radical (unpaired) electrons. The highest BCUT2D eigenvalue weighted by atomic mass is 16.5. The smallest absolute Gasteiger partial charge is 0.122 e. The topological polar surface area (TPSA) is 55.5 Å². The predicted molar refractivity (Wildman–Crippen MR) is 58.9 cm³/mol. The number of hydrogen-bond acceptors (Lipinski definition) is 3. The van der Waals surface area contributed by atoms with Gasteiger partial charge in [-0.05, 0) is 43.0 Å². The molecule has 2 atom stereocenters. The van der Waals surface area contributed by atoms with Crippen LogP contribution in [-0.2, 0) is 6.42 Å². The molecule has 2 rings (SSSR count). The molecule has 0 aliphatic carbocycles. The van der Waals surface area contributed by atoms with Gasteiger partial charge in [0, 0.05) is 6.04 Å². The van der Waals surface area contributed by atoms with Crippen LogP contribution in [0.1, 0.15) is 30.6 Å². The van der Waals surface area contributed by atoms with E-state index in [1.165, 1.54) is 5.56 Å². The van der Waals surface area contributed by atoms with Crippen LogP contribution in [0.4, 0.5) is 0 Å². The van der Waals surface area contributed by atoms with Crippen LogP contribution in [-0.4, -0.2) is 17.8 Å². The lowest BCUT2D eigenvalue weighted by Gasteiger charge is -2.20. The summed E-state index contributed by atoms with van der Waals surface area (Å²) in [6, 6.07) is 5.57. The largest absolute Gasteiger partial charge is 0.493 e. The Balaban J connectivity index is 2.27. The van der Waals surface area contributed by atoms with Gasteiger partial charge in [-0.3, -0.25) is 0 Å². The van der Waals surface area contributed by atoms with Crippen LogP contribution in [0.5, 0.6) is 5.75 Å². The molecule has 1 aliphatic rings. The SMILES string of the molecule is CC(N)C(O)c1ccc2c(c1)CCCO2. The molecule has 1 aromatic rings. The third kappa shape index (κ3) is 2.13. The van der Waals surface area contributed by atoms with Crippen molar-refractivity contribution in [1.29, 1.82) is 0 Å². The van der Waals surface area contributed by atoms with Crippen molar-refractivity contribution in [3.8, 4) is 5.75 Å². The molecule has 0 spiro atoms. The predicted octanol–water partition coefficient (Wildman–Crippen LogP) is 1.39. The molecule has 1 aromatic carbocycles. The fourth-order valence-electron chi connectivity index (χ4n) is 1.87. The van der Waals surface area contributed by atoms with Crippen molar-refractivity contribution in [2.24, 2.45) is 5.73 Å². The second-order valence-electron chi connectivity index (χ2n) is 4.12. The Morgan fingerprint density at radius 3 is 3.00 bits per heavy atom. The maximum absolute atomic E-state index is 9.83. The van der Waals surface area contributed by atoms with Crippen molar-refractivity contribution < 1.29 is 9.84 Å². The van der Waals surface area contributed by atoms with E-state index in [9.17, 15) is 5.11 Å². The van der Waals surface area contributed by atoms with E-state index in [0.717, 1.165) is 30.8 Å². The van der Waals surface area contributed by atoms with E-state index in [2.05, 4.69) is 0 Å².